The van der Waals surface area contributed by atoms with Crippen LogP contribution in [0.2, 0.25) is 15.1 Å². The van der Waals surface area contributed by atoms with Gasteiger partial charge in [-0.1, -0.05) is 34.8 Å². The van der Waals surface area contributed by atoms with E-state index in [0.29, 0.717) is 20.6 Å². The summed E-state index contributed by atoms with van der Waals surface area (Å²) in [6, 6.07) is 3.05. The molecule has 0 atom stereocenters. The Balaban J connectivity index is 2.83. The van der Waals surface area contributed by atoms with Crippen molar-refractivity contribution in [3.8, 4) is 0 Å². The molecule has 1 aromatic carbocycles. The Morgan fingerprint density at radius 3 is 2.38 bits per heavy atom. The molecule has 144 valence electrons. The molecule has 0 fully saturated rings. The third-order valence-corrected chi connectivity index (χ3v) is 4.27. The highest BCUT2D eigenvalue weighted by molar-refractivity contribution is 6.39. The number of halogens is 5. The quantitative estimate of drug-likeness (QED) is 0.424. The first kappa shape index (κ1) is 22.6. The number of hydroxylamine groups is 2. The fourth-order valence-corrected chi connectivity index (χ4v) is 3.07. The number of benzene rings is 1. The van der Waals surface area contributed by atoms with Gasteiger partial charge in [0.25, 0.3) is 6.43 Å². The summed E-state index contributed by atoms with van der Waals surface area (Å²) in [6.45, 7) is 3.29. The number of alkyl halides is 2. The zero-order valence-electron chi connectivity index (χ0n) is 14.2. The molecular formula is C16H18Cl3F2N3O2. The zero-order valence-corrected chi connectivity index (χ0v) is 16.5. The minimum atomic E-state index is -2.82. The van der Waals surface area contributed by atoms with E-state index in [2.05, 4.69) is 11.8 Å². The maximum absolute atomic E-state index is 13.1. The molecule has 0 radical (unpaired) electrons. The first-order valence-corrected chi connectivity index (χ1v) is 8.49. The van der Waals surface area contributed by atoms with Gasteiger partial charge >= 0.3 is 0 Å². The van der Waals surface area contributed by atoms with Crippen LogP contribution in [-0.2, 0) is 16.1 Å². The van der Waals surface area contributed by atoms with Crippen LogP contribution >= 0.6 is 34.8 Å². The smallest absolute Gasteiger partial charge is 0.262 e. The molecule has 0 heterocycles. The highest BCUT2D eigenvalue weighted by Crippen LogP contribution is 2.29. The van der Waals surface area contributed by atoms with E-state index in [9.17, 15) is 13.6 Å². The van der Waals surface area contributed by atoms with Crippen LogP contribution in [0.15, 0.2) is 29.0 Å². The minimum Gasteiger partial charge on any atom is -0.276 e. The van der Waals surface area contributed by atoms with Gasteiger partial charge in [-0.25, -0.2) is 13.8 Å². The van der Waals surface area contributed by atoms with E-state index in [1.54, 1.807) is 0 Å². The highest BCUT2D eigenvalue weighted by Gasteiger charge is 2.21. The van der Waals surface area contributed by atoms with Crippen LogP contribution in [0.1, 0.15) is 12.0 Å². The maximum Gasteiger partial charge on any atom is 0.262 e. The molecule has 1 rings (SSSR count). The van der Waals surface area contributed by atoms with Gasteiger partial charge in [0.05, 0.1) is 20.1 Å². The van der Waals surface area contributed by atoms with Gasteiger partial charge in [-0.3, -0.25) is 14.6 Å². The van der Waals surface area contributed by atoms with E-state index in [1.165, 1.54) is 26.3 Å². The van der Waals surface area contributed by atoms with Crippen molar-refractivity contribution in [3.63, 3.8) is 0 Å². The monoisotopic (exact) mass is 427 g/mol. The second-order valence-electron chi connectivity index (χ2n) is 5.17. The molecular weight excluding hydrogens is 411 g/mol. The second-order valence-corrected chi connectivity index (χ2v) is 6.42. The standard InChI is InChI=1S/C16H18Cl3F2N3O2/c1-22-23(2)9-10(16(20)21)6-15(25)24(26-3)5-4-12-13(18)7-11(17)8-14(12)19/h7-9,16H,1,4-6H2,2-3H3/b10-9+. The van der Waals surface area contributed by atoms with Crippen molar-refractivity contribution < 1.29 is 18.4 Å². The number of hydrazone groups is 1. The van der Waals surface area contributed by atoms with Gasteiger partial charge in [-0.15, -0.1) is 0 Å². The van der Waals surface area contributed by atoms with Crippen LogP contribution in [0, 0.1) is 0 Å². The van der Waals surface area contributed by atoms with E-state index >= 15 is 0 Å². The Morgan fingerprint density at radius 2 is 1.92 bits per heavy atom. The Kier molecular flexibility index (Phi) is 9.29. The molecule has 0 bridgehead atoms. The van der Waals surface area contributed by atoms with Gasteiger partial charge in [-0.2, -0.15) is 5.10 Å². The number of carbonyl (C=O) groups excluding carboxylic acids is 1. The van der Waals surface area contributed by atoms with E-state index in [1.807, 2.05) is 0 Å². The molecule has 10 heteroatoms. The first-order valence-electron chi connectivity index (χ1n) is 7.35. The summed E-state index contributed by atoms with van der Waals surface area (Å²) in [4.78, 5) is 17.3. The first-order chi connectivity index (χ1) is 12.2. The van der Waals surface area contributed by atoms with Crippen molar-refractivity contribution in [2.45, 2.75) is 19.3 Å². The molecule has 5 nitrogen and oxygen atoms in total. The van der Waals surface area contributed by atoms with E-state index < -0.39 is 24.3 Å². The van der Waals surface area contributed by atoms with Gasteiger partial charge < -0.3 is 0 Å². The van der Waals surface area contributed by atoms with E-state index in [4.69, 9.17) is 39.6 Å². The predicted octanol–water partition coefficient (Wildman–Crippen LogP) is 4.67. The zero-order chi connectivity index (χ0) is 19.9. The molecule has 0 saturated heterocycles. The molecule has 26 heavy (non-hydrogen) atoms. The summed E-state index contributed by atoms with van der Waals surface area (Å²) in [6.07, 6.45) is -2.04. The summed E-state index contributed by atoms with van der Waals surface area (Å²) in [7, 11) is 2.70. The molecule has 0 aromatic heterocycles. The Bertz CT molecular complexity index is 664. The topological polar surface area (TPSA) is 45.1 Å². The summed E-state index contributed by atoms with van der Waals surface area (Å²) in [5.74, 6) is -0.641. The second kappa shape index (κ2) is 10.7. The highest BCUT2D eigenvalue weighted by atomic mass is 35.5. The van der Waals surface area contributed by atoms with E-state index in [0.717, 1.165) is 16.3 Å². The lowest BCUT2D eigenvalue weighted by Crippen LogP contribution is -2.32. The largest absolute Gasteiger partial charge is 0.276 e. The van der Waals surface area contributed by atoms with Crippen molar-refractivity contribution in [3.05, 3.63) is 44.5 Å². The number of hydrogen-bond donors (Lipinski definition) is 0. The average Bonchev–Trinajstić information content (AvgIpc) is 2.56. The van der Waals surface area contributed by atoms with Gasteiger partial charge in [0.1, 0.15) is 0 Å². The third-order valence-electron chi connectivity index (χ3n) is 3.38. The van der Waals surface area contributed by atoms with Gasteiger partial charge in [0.15, 0.2) is 0 Å². The maximum atomic E-state index is 13.1. The summed E-state index contributed by atoms with van der Waals surface area (Å²) < 4.78 is 26.2. The molecule has 0 N–H and O–H groups in total. The van der Waals surface area contributed by atoms with Crippen LogP contribution in [0.3, 0.4) is 0 Å². The van der Waals surface area contributed by atoms with Gasteiger partial charge in [0, 0.05) is 40.6 Å². The third kappa shape index (κ3) is 6.72. The lowest BCUT2D eigenvalue weighted by Gasteiger charge is -2.21. The van der Waals surface area contributed by atoms with E-state index in [-0.39, 0.29) is 13.0 Å². The molecule has 1 amide bonds. The number of nitrogens with zero attached hydrogens (tertiary/aromatic N) is 3. The molecule has 0 aliphatic rings. The Morgan fingerprint density at radius 1 is 1.35 bits per heavy atom. The minimum absolute atomic E-state index is 0.0719. The lowest BCUT2D eigenvalue weighted by molar-refractivity contribution is -0.175. The van der Waals surface area contributed by atoms with Crippen LogP contribution in [0.5, 0.6) is 0 Å². The van der Waals surface area contributed by atoms with Crippen molar-refractivity contribution in [2.24, 2.45) is 5.10 Å². The number of hydrogen-bond acceptors (Lipinski definition) is 4. The SMILES string of the molecule is C=NN(C)/C=C(\CC(=O)N(CCc1c(Cl)cc(Cl)cc1Cl)OC)C(F)F. The van der Waals surface area contributed by atoms with Gasteiger partial charge in [-0.05, 0) is 24.1 Å². The summed E-state index contributed by atoms with van der Waals surface area (Å²) in [5.41, 5.74) is 0.169. The molecule has 1 aromatic rings. The fourth-order valence-electron chi connectivity index (χ4n) is 2.06. The Hall–Kier alpha value is -1.41. The molecule has 0 saturated carbocycles. The summed E-state index contributed by atoms with van der Waals surface area (Å²) >= 11 is 18.0. The molecule has 0 aliphatic heterocycles. The number of carbonyl (C=O) groups is 1. The van der Waals surface area contributed by atoms with Crippen molar-refractivity contribution in [1.29, 1.82) is 0 Å². The fraction of sp³-hybridized carbons (Fsp3) is 0.375. The normalized spacial score (nSPS) is 11.6. The number of rotatable bonds is 9. The van der Waals surface area contributed by atoms with Crippen molar-refractivity contribution in [2.75, 3.05) is 20.7 Å². The lowest BCUT2D eigenvalue weighted by atomic mass is 10.1. The molecule has 0 aliphatic carbocycles. The van der Waals surface area contributed by atoms with Crippen molar-refractivity contribution in [1.82, 2.24) is 10.1 Å². The average molecular weight is 429 g/mol. The van der Waals surface area contributed by atoms with Crippen LogP contribution in [-0.4, -0.2) is 49.8 Å². The van der Waals surface area contributed by atoms with Crippen molar-refractivity contribution >= 4 is 47.4 Å². The molecule has 0 spiro atoms. The van der Waals surface area contributed by atoms with Crippen LogP contribution < -0.4 is 0 Å². The van der Waals surface area contributed by atoms with Gasteiger partial charge in [0.2, 0.25) is 5.91 Å². The predicted molar refractivity (Wildman–Crippen MR) is 99.9 cm³/mol. The number of amides is 1. The van der Waals surface area contributed by atoms with Crippen LogP contribution in [0.4, 0.5) is 8.78 Å². The van der Waals surface area contributed by atoms with Crippen LogP contribution in [0.25, 0.3) is 0 Å². The molecule has 0 unspecified atom stereocenters. The Labute approximate surface area is 165 Å². The summed E-state index contributed by atoms with van der Waals surface area (Å²) in [5, 5.41) is 6.61.